The third-order valence-corrected chi connectivity index (χ3v) is 5.40. The first kappa shape index (κ1) is 20.7. The van der Waals surface area contributed by atoms with Gasteiger partial charge in [-0.05, 0) is 63.6 Å². The number of ether oxygens (including phenoxy) is 1. The lowest BCUT2D eigenvalue weighted by molar-refractivity contribution is -0.0116. The van der Waals surface area contributed by atoms with Crippen LogP contribution >= 0.6 is 0 Å². The molecule has 1 aromatic carbocycles. The first-order valence-electron chi connectivity index (χ1n) is 10.0. The van der Waals surface area contributed by atoms with Crippen molar-refractivity contribution in [2.75, 3.05) is 36.8 Å². The van der Waals surface area contributed by atoms with Crippen molar-refractivity contribution < 1.29 is 18.3 Å². The summed E-state index contributed by atoms with van der Waals surface area (Å²) in [4.78, 5) is 15.6. The third kappa shape index (κ3) is 5.06. The van der Waals surface area contributed by atoms with Crippen LogP contribution in [0.15, 0.2) is 18.2 Å². The lowest BCUT2D eigenvalue weighted by Crippen LogP contribution is -2.43. The molecule has 1 aromatic rings. The number of anilines is 2. The number of nitrogens with zero attached hydrogens (tertiary/aromatic N) is 2. The van der Waals surface area contributed by atoms with Gasteiger partial charge >= 0.3 is 6.09 Å². The number of piperidine rings is 2. The van der Waals surface area contributed by atoms with Crippen LogP contribution in [0.1, 0.15) is 57.9 Å². The Morgan fingerprint density at radius 3 is 2.46 bits per heavy atom. The zero-order valence-corrected chi connectivity index (χ0v) is 17.0. The molecule has 5 nitrogen and oxygen atoms in total. The van der Waals surface area contributed by atoms with Crippen molar-refractivity contribution in [3.8, 4) is 0 Å². The van der Waals surface area contributed by atoms with Gasteiger partial charge in [-0.1, -0.05) is 6.07 Å². The Hall–Kier alpha value is -2.05. The highest BCUT2D eigenvalue weighted by atomic mass is 19.3. The molecule has 0 radical (unpaired) electrons. The summed E-state index contributed by atoms with van der Waals surface area (Å²) < 4.78 is 32.9. The molecule has 3 rings (SSSR count). The predicted molar refractivity (Wildman–Crippen MR) is 107 cm³/mol. The van der Waals surface area contributed by atoms with E-state index in [1.165, 1.54) is 0 Å². The smallest absolute Gasteiger partial charge is 0.410 e. The molecule has 2 N–H and O–H groups in total. The van der Waals surface area contributed by atoms with Crippen LogP contribution in [0.2, 0.25) is 0 Å². The fraction of sp³-hybridized carbons (Fsp3) is 0.667. The molecule has 0 aliphatic carbocycles. The van der Waals surface area contributed by atoms with Gasteiger partial charge in [0, 0.05) is 26.1 Å². The van der Waals surface area contributed by atoms with Gasteiger partial charge in [-0.25, -0.2) is 13.6 Å². The maximum Gasteiger partial charge on any atom is 0.410 e. The molecule has 2 saturated heterocycles. The topological polar surface area (TPSA) is 58.8 Å². The molecule has 7 heteroatoms. The monoisotopic (exact) mass is 395 g/mol. The van der Waals surface area contributed by atoms with Crippen molar-refractivity contribution in [2.24, 2.45) is 0 Å². The minimum absolute atomic E-state index is 0.0578. The van der Waals surface area contributed by atoms with Crippen LogP contribution in [0.4, 0.5) is 25.0 Å². The Bertz CT molecular complexity index is 710. The molecule has 0 atom stereocenters. The zero-order chi connectivity index (χ0) is 20.5. The molecule has 156 valence electrons. The average molecular weight is 395 g/mol. The van der Waals surface area contributed by atoms with Crippen molar-refractivity contribution in [2.45, 2.75) is 63.9 Å². The summed E-state index contributed by atoms with van der Waals surface area (Å²) in [7, 11) is 0. The van der Waals surface area contributed by atoms with Crippen LogP contribution in [-0.4, -0.2) is 48.7 Å². The molecule has 28 heavy (non-hydrogen) atoms. The van der Waals surface area contributed by atoms with E-state index in [2.05, 4.69) is 0 Å². The lowest BCUT2D eigenvalue weighted by Gasteiger charge is -2.36. The Morgan fingerprint density at radius 1 is 1.21 bits per heavy atom. The summed E-state index contributed by atoms with van der Waals surface area (Å²) in [6.45, 7) is 7.19. The van der Waals surface area contributed by atoms with Crippen LogP contribution in [0.5, 0.6) is 0 Å². The second kappa shape index (κ2) is 7.76. The van der Waals surface area contributed by atoms with Crippen LogP contribution in [0.3, 0.4) is 0 Å². The van der Waals surface area contributed by atoms with E-state index in [4.69, 9.17) is 10.5 Å². The number of alkyl halides is 2. The summed E-state index contributed by atoms with van der Waals surface area (Å²) in [6.07, 6.45) is 1.81. The quantitative estimate of drug-likeness (QED) is 0.743. The number of benzene rings is 1. The Kier molecular flexibility index (Phi) is 5.73. The molecule has 2 aliphatic heterocycles. The molecular weight excluding hydrogens is 364 g/mol. The van der Waals surface area contributed by atoms with Gasteiger partial charge in [-0.3, -0.25) is 0 Å². The highest BCUT2D eigenvalue weighted by Gasteiger charge is 2.36. The summed E-state index contributed by atoms with van der Waals surface area (Å²) in [5, 5.41) is 0. The van der Waals surface area contributed by atoms with E-state index in [9.17, 15) is 13.6 Å². The van der Waals surface area contributed by atoms with Crippen molar-refractivity contribution in [3.05, 3.63) is 23.8 Å². The SMILES string of the molecule is CC(C)(C)OC(=O)N1CCC(c2ccc(N3CCCC(F)(F)C3)c(N)c2)CC1. The first-order chi connectivity index (χ1) is 13.0. The number of carbonyl (C=O) groups is 1. The van der Waals surface area contributed by atoms with Gasteiger partial charge in [0.25, 0.3) is 5.92 Å². The second-order valence-corrected chi connectivity index (χ2v) is 8.94. The van der Waals surface area contributed by atoms with E-state index >= 15 is 0 Å². The summed E-state index contributed by atoms with van der Waals surface area (Å²) in [6, 6.07) is 5.77. The van der Waals surface area contributed by atoms with Gasteiger partial charge in [0.2, 0.25) is 0 Å². The fourth-order valence-corrected chi connectivity index (χ4v) is 4.01. The highest BCUT2D eigenvalue weighted by Crippen LogP contribution is 2.36. The van der Waals surface area contributed by atoms with Crippen molar-refractivity contribution in [3.63, 3.8) is 0 Å². The van der Waals surface area contributed by atoms with Crippen molar-refractivity contribution >= 4 is 17.5 Å². The van der Waals surface area contributed by atoms with Gasteiger partial charge < -0.3 is 20.3 Å². The molecule has 0 saturated carbocycles. The number of nitrogen functional groups attached to an aromatic ring is 1. The number of halogens is 2. The molecule has 1 amide bonds. The molecule has 0 bridgehead atoms. The predicted octanol–water partition coefficient (Wildman–Crippen LogP) is 4.62. The molecule has 2 aliphatic rings. The van der Waals surface area contributed by atoms with Crippen LogP contribution in [0.25, 0.3) is 0 Å². The number of likely N-dealkylation sites (tertiary alicyclic amines) is 1. The van der Waals surface area contributed by atoms with E-state index < -0.39 is 11.5 Å². The van der Waals surface area contributed by atoms with Crippen LogP contribution in [-0.2, 0) is 4.74 Å². The van der Waals surface area contributed by atoms with E-state index in [0.717, 1.165) is 18.4 Å². The van der Waals surface area contributed by atoms with Gasteiger partial charge in [0.1, 0.15) is 5.60 Å². The Labute approximate surface area is 165 Å². The number of carbonyl (C=O) groups excluding carboxylic acids is 1. The van der Waals surface area contributed by atoms with Gasteiger partial charge in [-0.15, -0.1) is 0 Å². The van der Waals surface area contributed by atoms with Gasteiger partial charge in [-0.2, -0.15) is 0 Å². The average Bonchev–Trinajstić information content (AvgIpc) is 2.59. The van der Waals surface area contributed by atoms with E-state index in [1.54, 1.807) is 9.80 Å². The number of nitrogens with two attached hydrogens (primary N) is 1. The Morgan fingerprint density at radius 2 is 1.89 bits per heavy atom. The molecule has 0 spiro atoms. The maximum atomic E-state index is 13.7. The van der Waals surface area contributed by atoms with Crippen LogP contribution < -0.4 is 10.6 Å². The van der Waals surface area contributed by atoms with Gasteiger partial charge in [0.05, 0.1) is 17.9 Å². The van der Waals surface area contributed by atoms with E-state index in [-0.39, 0.29) is 19.1 Å². The highest BCUT2D eigenvalue weighted by molar-refractivity contribution is 5.70. The maximum absolute atomic E-state index is 13.7. The summed E-state index contributed by atoms with van der Waals surface area (Å²) in [5.74, 6) is -2.35. The van der Waals surface area contributed by atoms with Crippen molar-refractivity contribution in [1.82, 2.24) is 4.90 Å². The molecule has 0 unspecified atom stereocenters. The van der Waals surface area contributed by atoms with E-state index in [1.807, 2.05) is 39.0 Å². The third-order valence-electron chi connectivity index (χ3n) is 5.40. The molecule has 2 heterocycles. The van der Waals surface area contributed by atoms with Crippen LogP contribution in [0, 0.1) is 0 Å². The number of hydrogen-bond donors (Lipinski definition) is 1. The molecule has 0 aromatic heterocycles. The number of amides is 1. The minimum Gasteiger partial charge on any atom is -0.444 e. The minimum atomic E-state index is -2.65. The first-order valence-corrected chi connectivity index (χ1v) is 10.0. The Balaban J connectivity index is 1.61. The van der Waals surface area contributed by atoms with E-state index in [0.29, 0.717) is 43.3 Å². The second-order valence-electron chi connectivity index (χ2n) is 8.94. The summed E-state index contributed by atoms with van der Waals surface area (Å²) >= 11 is 0. The normalized spacial score (nSPS) is 20.9. The molecular formula is C21H31F2N3O2. The van der Waals surface area contributed by atoms with Gasteiger partial charge in [0.15, 0.2) is 0 Å². The number of hydrogen-bond acceptors (Lipinski definition) is 4. The zero-order valence-electron chi connectivity index (χ0n) is 17.0. The number of rotatable bonds is 2. The largest absolute Gasteiger partial charge is 0.444 e. The standard InChI is InChI=1S/C21H31F2N3O2/c1-20(2,3)28-19(27)25-11-7-15(8-12-25)16-5-6-18(17(24)13-16)26-10-4-9-21(22,23)14-26/h5-6,13,15H,4,7-12,14,24H2,1-3H3. The van der Waals surface area contributed by atoms with Crippen molar-refractivity contribution in [1.29, 1.82) is 0 Å². The lowest BCUT2D eigenvalue weighted by atomic mass is 9.89. The fourth-order valence-electron chi connectivity index (χ4n) is 4.01. The molecule has 2 fully saturated rings. The summed E-state index contributed by atoms with van der Waals surface area (Å²) in [5.41, 5.74) is 8.07.